The van der Waals surface area contributed by atoms with Crippen LogP contribution in [0.1, 0.15) is 22.4 Å². The molecule has 1 aromatic heterocycles. The second-order valence-electron chi connectivity index (χ2n) is 4.26. The van der Waals surface area contributed by atoms with Crippen LogP contribution in [0.3, 0.4) is 0 Å². The average molecular weight is 353 g/mol. The Morgan fingerprint density at radius 2 is 2.10 bits per heavy atom. The maximum atomic E-state index is 11.3. The third-order valence-corrected chi connectivity index (χ3v) is 3.01. The summed E-state index contributed by atoms with van der Waals surface area (Å²) >= 11 is 0. The molecule has 1 aliphatic heterocycles. The van der Waals surface area contributed by atoms with Crippen molar-refractivity contribution in [2.24, 2.45) is 11.5 Å². The van der Waals surface area contributed by atoms with E-state index in [-0.39, 0.29) is 29.2 Å². The highest BCUT2D eigenvalue weighted by molar-refractivity contribution is 8.93. The number of rotatable bonds is 4. The van der Waals surface area contributed by atoms with Crippen LogP contribution in [0, 0.1) is 0 Å². The summed E-state index contributed by atoms with van der Waals surface area (Å²) < 4.78 is 6.35. The van der Waals surface area contributed by atoms with Gasteiger partial charge < -0.3 is 31.5 Å². The second-order valence-corrected chi connectivity index (χ2v) is 4.26. The average Bonchev–Trinajstić information content (AvgIpc) is 2.93. The molecule has 2 rings (SSSR count). The Balaban J connectivity index is 0.00000200. The first-order valence-corrected chi connectivity index (χ1v) is 5.70. The summed E-state index contributed by atoms with van der Waals surface area (Å²) in [6.45, 7) is -0.381. The fourth-order valence-corrected chi connectivity index (χ4v) is 2.00. The lowest BCUT2D eigenvalue weighted by atomic mass is 10.1. The van der Waals surface area contributed by atoms with Crippen molar-refractivity contribution in [3.8, 4) is 0 Å². The molecule has 0 unspecified atom stereocenters. The van der Waals surface area contributed by atoms with Gasteiger partial charge in [0, 0.05) is 6.54 Å². The van der Waals surface area contributed by atoms with Gasteiger partial charge >= 0.3 is 0 Å². The van der Waals surface area contributed by atoms with Crippen molar-refractivity contribution in [3.05, 3.63) is 17.5 Å². The lowest BCUT2D eigenvalue weighted by molar-refractivity contribution is -0.0594. The first-order chi connectivity index (χ1) is 8.99. The molecule has 114 valence electrons. The summed E-state index contributed by atoms with van der Waals surface area (Å²) in [5.41, 5.74) is 11.0. The molecule has 0 bridgehead atoms. The molecule has 1 aromatic rings. The molecule has 2 heterocycles. The van der Waals surface area contributed by atoms with Gasteiger partial charge in [0.25, 0.3) is 5.91 Å². The lowest BCUT2D eigenvalue weighted by Gasteiger charge is -2.16. The van der Waals surface area contributed by atoms with Crippen LogP contribution in [-0.4, -0.2) is 55.9 Å². The van der Waals surface area contributed by atoms with Crippen molar-refractivity contribution in [2.45, 2.75) is 31.1 Å². The highest BCUT2D eigenvalue weighted by Crippen LogP contribution is 2.30. The van der Waals surface area contributed by atoms with Crippen LogP contribution in [0.25, 0.3) is 0 Å². The third kappa shape index (κ3) is 2.85. The summed E-state index contributed by atoms with van der Waals surface area (Å²) in [4.78, 5) is 11.3. The Morgan fingerprint density at radius 3 is 2.55 bits per heavy atom. The van der Waals surface area contributed by atoms with Crippen LogP contribution >= 0.6 is 17.0 Å². The highest BCUT2D eigenvalue weighted by atomic mass is 79.9. The van der Waals surface area contributed by atoms with E-state index in [1.165, 1.54) is 6.07 Å². The Bertz CT molecular complexity index is 482. The van der Waals surface area contributed by atoms with E-state index < -0.39 is 37.1 Å². The molecule has 0 radical (unpaired) electrons. The van der Waals surface area contributed by atoms with Crippen LogP contribution in [0.15, 0.2) is 6.07 Å². The van der Waals surface area contributed by atoms with Crippen LogP contribution in [-0.2, 0) is 11.3 Å². The van der Waals surface area contributed by atoms with E-state index in [9.17, 15) is 15.0 Å². The quantitative estimate of drug-likeness (QED) is 0.405. The summed E-state index contributed by atoms with van der Waals surface area (Å²) in [7, 11) is 0. The second kappa shape index (κ2) is 6.61. The number of nitrogens with zero attached hydrogens (tertiary/aromatic N) is 2. The molecule has 1 saturated heterocycles. The number of nitrogens with two attached hydrogens (primary N) is 2. The Hall–Kier alpha value is -1.04. The number of carbonyl (C=O) groups is 1. The van der Waals surface area contributed by atoms with Gasteiger partial charge in [0.2, 0.25) is 0 Å². The molecule has 0 aliphatic carbocycles. The van der Waals surface area contributed by atoms with Crippen molar-refractivity contribution in [3.63, 3.8) is 0 Å². The van der Waals surface area contributed by atoms with Crippen LogP contribution < -0.4 is 11.5 Å². The van der Waals surface area contributed by atoms with E-state index in [0.717, 1.165) is 4.68 Å². The molecule has 0 saturated carbocycles. The molecule has 10 heteroatoms. The third-order valence-electron chi connectivity index (χ3n) is 3.01. The number of hydrogen-bond acceptors (Lipinski definition) is 7. The van der Waals surface area contributed by atoms with Gasteiger partial charge in [0.15, 0.2) is 6.23 Å². The van der Waals surface area contributed by atoms with Gasteiger partial charge in [-0.25, -0.2) is 4.68 Å². The smallest absolute Gasteiger partial charge is 0.267 e. The Kier molecular flexibility index (Phi) is 5.62. The SMILES string of the molecule is Br.NCc1cc(C(N)=O)n([C@@H]2O[C@H](CO)[C@@H](O)[C@H]2O)n1. The van der Waals surface area contributed by atoms with Crippen molar-refractivity contribution in [1.82, 2.24) is 9.78 Å². The monoisotopic (exact) mass is 352 g/mol. The first kappa shape index (κ1) is 17.0. The number of hydrogen-bond donors (Lipinski definition) is 5. The normalized spacial score (nSPS) is 29.2. The zero-order valence-corrected chi connectivity index (χ0v) is 12.1. The van der Waals surface area contributed by atoms with Gasteiger partial charge in [-0.05, 0) is 6.07 Å². The number of carbonyl (C=O) groups excluding carboxylic acids is 1. The minimum atomic E-state index is -1.33. The molecule has 0 spiro atoms. The first-order valence-electron chi connectivity index (χ1n) is 5.70. The molecule has 20 heavy (non-hydrogen) atoms. The number of aromatic nitrogens is 2. The zero-order valence-electron chi connectivity index (χ0n) is 10.4. The fourth-order valence-electron chi connectivity index (χ4n) is 2.00. The van der Waals surface area contributed by atoms with Crippen molar-refractivity contribution >= 4 is 22.9 Å². The van der Waals surface area contributed by atoms with Gasteiger partial charge in [-0.1, -0.05) is 0 Å². The molecule has 1 fully saturated rings. The zero-order chi connectivity index (χ0) is 14.2. The molecule has 4 atom stereocenters. The van der Waals surface area contributed by atoms with Gasteiger partial charge in [0.05, 0.1) is 12.3 Å². The van der Waals surface area contributed by atoms with Gasteiger partial charge in [-0.2, -0.15) is 5.10 Å². The topological polar surface area (TPSA) is 157 Å². The molecular weight excluding hydrogens is 336 g/mol. The largest absolute Gasteiger partial charge is 0.394 e. The van der Waals surface area contributed by atoms with Gasteiger partial charge in [-0.3, -0.25) is 4.79 Å². The van der Waals surface area contributed by atoms with Crippen molar-refractivity contribution in [2.75, 3.05) is 6.61 Å². The molecule has 7 N–H and O–H groups in total. The van der Waals surface area contributed by atoms with E-state index in [2.05, 4.69) is 5.10 Å². The highest BCUT2D eigenvalue weighted by Gasteiger charge is 2.44. The number of aliphatic hydroxyl groups excluding tert-OH is 3. The summed E-state index contributed by atoms with van der Waals surface area (Å²) in [6.07, 6.45) is -4.66. The minimum Gasteiger partial charge on any atom is -0.394 e. The van der Waals surface area contributed by atoms with Gasteiger partial charge in [0.1, 0.15) is 24.0 Å². The predicted octanol–water partition coefficient (Wildman–Crippen LogP) is -2.37. The number of halogens is 1. The number of aliphatic hydroxyl groups is 3. The standard InChI is InChI=1S/C10H16N4O5.BrH/c11-2-4-1-5(9(12)18)14(13-4)10-8(17)7(16)6(3-15)19-10;/h1,6-8,10,15-17H,2-3,11H2,(H2,12,18);1H/t6-,7-,8-,10-;/m1./s1. The fraction of sp³-hybridized carbons (Fsp3) is 0.600. The number of amides is 1. The number of ether oxygens (including phenoxy) is 1. The van der Waals surface area contributed by atoms with Crippen LogP contribution in [0.2, 0.25) is 0 Å². The Labute approximate surface area is 124 Å². The summed E-state index contributed by atoms with van der Waals surface area (Å²) in [5.74, 6) is -0.759. The summed E-state index contributed by atoms with van der Waals surface area (Å²) in [6, 6.07) is 1.39. The van der Waals surface area contributed by atoms with E-state index in [0.29, 0.717) is 5.69 Å². The maximum absolute atomic E-state index is 11.3. The predicted molar refractivity (Wildman–Crippen MR) is 72.0 cm³/mol. The maximum Gasteiger partial charge on any atom is 0.267 e. The molecule has 9 nitrogen and oxygen atoms in total. The number of primary amides is 1. The molecule has 1 aliphatic rings. The van der Waals surface area contributed by atoms with E-state index >= 15 is 0 Å². The molecule has 0 aromatic carbocycles. The minimum absolute atomic E-state index is 0. The van der Waals surface area contributed by atoms with Crippen molar-refractivity contribution < 1.29 is 24.9 Å². The molecular formula is C10H17BrN4O5. The molecule has 1 amide bonds. The van der Waals surface area contributed by atoms with E-state index in [1.807, 2.05) is 0 Å². The van der Waals surface area contributed by atoms with E-state index in [4.69, 9.17) is 21.3 Å². The van der Waals surface area contributed by atoms with Crippen LogP contribution in [0.4, 0.5) is 0 Å². The Morgan fingerprint density at radius 1 is 1.45 bits per heavy atom. The van der Waals surface area contributed by atoms with Gasteiger partial charge in [-0.15, -0.1) is 17.0 Å². The summed E-state index contributed by atoms with van der Waals surface area (Å²) in [5, 5.41) is 32.5. The lowest BCUT2D eigenvalue weighted by Crippen LogP contribution is -2.34. The van der Waals surface area contributed by atoms with Crippen molar-refractivity contribution in [1.29, 1.82) is 0 Å². The van der Waals surface area contributed by atoms with Crippen LogP contribution in [0.5, 0.6) is 0 Å². The van der Waals surface area contributed by atoms with E-state index in [1.54, 1.807) is 0 Å².